The summed E-state index contributed by atoms with van der Waals surface area (Å²) in [5, 5.41) is 2.24. The van der Waals surface area contributed by atoms with E-state index in [9.17, 15) is 0 Å². The molecule has 0 radical (unpaired) electrons. The Morgan fingerprint density at radius 2 is 0.818 bits per heavy atom. The number of hydrogen-bond acceptors (Lipinski definition) is 1. The van der Waals surface area contributed by atoms with E-state index in [0.29, 0.717) is 0 Å². The molecule has 0 aromatic heterocycles. The van der Waals surface area contributed by atoms with E-state index >= 15 is 0 Å². The highest BCUT2D eigenvalue weighted by Gasteiger charge is 2.12. The molecule has 0 fully saturated rings. The van der Waals surface area contributed by atoms with Crippen LogP contribution in [0.5, 0.6) is 0 Å². The van der Waals surface area contributed by atoms with Crippen LogP contribution in [0.25, 0.3) is 0 Å². The van der Waals surface area contributed by atoms with Crippen LogP contribution in [0.2, 0.25) is 0 Å². The van der Waals surface area contributed by atoms with Crippen molar-refractivity contribution in [3.63, 3.8) is 0 Å². The van der Waals surface area contributed by atoms with Crippen LogP contribution in [-0.4, -0.2) is 10.7 Å². The summed E-state index contributed by atoms with van der Waals surface area (Å²) in [6.45, 7) is 0. The highest BCUT2D eigenvalue weighted by Crippen LogP contribution is 2.34. The molecule has 3 aromatic rings. The van der Waals surface area contributed by atoms with Gasteiger partial charge in [0.2, 0.25) is 0 Å². The molecule has 33 heavy (non-hydrogen) atoms. The van der Waals surface area contributed by atoms with Crippen molar-refractivity contribution in [2.75, 3.05) is 15.6 Å². The molecule has 0 saturated heterocycles. The Hall–Kier alpha value is -1.58. The minimum Gasteiger partial charge on any atom is -0.311 e. The average molecular weight is 571 g/mol. The first-order chi connectivity index (χ1) is 16.3. The lowest BCUT2D eigenvalue weighted by atomic mass is 10.0. The van der Waals surface area contributed by atoms with Gasteiger partial charge in [-0.2, -0.15) is 0 Å². The average Bonchev–Trinajstić information content (AvgIpc) is 2.86. The van der Waals surface area contributed by atoms with Gasteiger partial charge in [-0.15, -0.1) is 0 Å². The number of hydrogen-bond donors (Lipinski definition) is 0. The van der Waals surface area contributed by atoms with Gasteiger partial charge < -0.3 is 4.90 Å². The number of benzene rings is 3. The second-order valence-corrected chi connectivity index (χ2v) is 10.3. The van der Waals surface area contributed by atoms with Crippen LogP contribution in [0.1, 0.15) is 62.5 Å². The van der Waals surface area contributed by atoms with Gasteiger partial charge in [-0.1, -0.05) is 100 Å². The van der Waals surface area contributed by atoms with E-state index in [-0.39, 0.29) is 0 Å². The third kappa shape index (κ3) is 8.94. The molecule has 0 spiro atoms. The van der Waals surface area contributed by atoms with Gasteiger partial charge in [-0.25, -0.2) is 0 Å². The molecule has 176 valence electrons. The highest BCUT2D eigenvalue weighted by atomic mass is 79.9. The summed E-state index contributed by atoms with van der Waals surface area (Å²) in [6.07, 6.45) is 12.7. The molecule has 3 heteroatoms. The first kappa shape index (κ1) is 26.0. The van der Waals surface area contributed by atoms with Gasteiger partial charge in [-0.3, -0.25) is 0 Å². The van der Waals surface area contributed by atoms with Crippen molar-refractivity contribution in [2.24, 2.45) is 0 Å². The van der Waals surface area contributed by atoms with Crippen molar-refractivity contribution in [3.8, 4) is 0 Å². The van der Waals surface area contributed by atoms with Gasteiger partial charge in [0.25, 0.3) is 0 Å². The van der Waals surface area contributed by atoms with Crippen molar-refractivity contribution in [1.29, 1.82) is 0 Å². The fourth-order valence-electron chi connectivity index (χ4n) is 4.20. The van der Waals surface area contributed by atoms with E-state index in [1.807, 2.05) is 0 Å². The summed E-state index contributed by atoms with van der Waals surface area (Å²) in [7, 11) is 0. The van der Waals surface area contributed by atoms with E-state index in [0.717, 1.165) is 23.5 Å². The zero-order chi connectivity index (χ0) is 23.1. The Labute approximate surface area is 217 Å². The second kappa shape index (κ2) is 15.3. The topological polar surface area (TPSA) is 3.24 Å². The third-order valence-corrected chi connectivity index (χ3v) is 7.22. The number of aryl methyl sites for hydroxylation is 2. The Morgan fingerprint density at radius 3 is 1.24 bits per heavy atom. The minimum atomic E-state index is 1.12. The predicted octanol–water partition coefficient (Wildman–Crippen LogP) is 10.2. The molecule has 0 aliphatic carbocycles. The maximum absolute atomic E-state index is 3.52. The SMILES string of the molecule is BrCCCCCCc1ccc(N(c2ccccc2)c2ccc(CCCCCCBr)cc2)cc1. The number of unbranched alkanes of at least 4 members (excludes halogenated alkanes) is 6. The largest absolute Gasteiger partial charge is 0.311 e. The van der Waals surface area contributed by atoms with Gasteiger partial charge in [0, 0.05) is 27.7 Å². The molecule has 0 bridgehead atoms. The van der Waals surface area contributed by atoms with Crippen LogP contribution < -0.4 is 4.90 Å². The van der Waals surface area contributed by atoms with E-state index < -0.39 is 0 Å². The van der Waals surface area contributed by atoms with Crippen LogP contribution in [0.4, 0.5) is 17.1 Å². The van der Waals surface area contributed by atoms with Crippen molar-refractivity contribution in [3.05, 3.63) is 90.0 Å². The molecular formula is C30H37Br2N. The van der Waals surface area contributed by atoms with E-state index in [1.165, 1.54) is 79.6 Å². The molecular weight excluding hydrogens is 534 g/mol. The summed E-state index contributed by atoms with van der Waals surface area (Å²) in [5.74, 6) is 0. The standard InChI is InChI=1S/C30H37Br2N/c31-24-10-3-1-6-12-26-16-20-29(21-17-26)33(28-14-8-5-9-15-28)30-22-18-27(19-23-30)13-7-2-4-11-25-32/h5,8-9,14-23H,1-4,6-7,10-13,24-25H2. The molecule has 0 aliphatic heterocycles. The molecule has 1 nitrogen and oxygen atoms in total. The molecule has 0 N–H and O–H groups in total. The quantitative estimate of drug-likeness (QED) is 0.130. The number of alkyl halides is 2. The van der Waals surface area contributed by atoms with Crippen molar-refractivity contribution in [2.45, 2.75) is 64.2 Å². The molecule has 3 aromatic carbocycles. The maximum atomic E-state index is 3.52. The van der Waals surface area contributed by atoms with E-state index in [1.54, 1.807) is 0 Å². The molecule has 0 unspecified atom stereocenters. The van der Waals surface area contributed by atoms with Crippen molar-refractivity contribution < 1.29 is 0 Å². The Kier molecular flexibility index (Phi) is 12.1. The number of anilines is 3. The van der Waals surface area contributed by atoms with Crippen LogP contribution in [0, 0.1) is 0 Å². The highest BCUT2D eigenvalue weighted by molar-refractivity contribution is 9.09. The Bertz CT molecular complexity index is 833. The molecule has 0 atom stereocenters. The summed E-state index contributed by atoms with van der Waals surface area (Å²) in [4.78, 5) is 2.36. The third-order valence-electron chi connectivity index (χ3n) is 6.10. The fraction of sp³-hybridized carbons (Fsp3) is 0.400. The minimum absolute atomic E-state index is 1.12. The van der Waals surface area contributed by atoms with E-state index in [2.05, 4.69) is 116 Å². The number of para-hydroxylation sites is 1. The first-order valence-corrected chi connectivity index (χ1v) is 14.7. The summed E-state index contributed by atoms with van der Waals surface area (Å²) in [5.41, 5.74) is 6.49. The van der Waals surface area contributed by atoms with Crippen LogP contribution >= 0.6 is 31.9 Å². The normalized spacial score (nSPS) is 11.0. The van der Waals surface area contributed by atoms with Crippen molar-refractivity contribution in [1.82, 2.24) is 0 Å². The fourth-order valence-corrected chi connectivity index (χ4v) is 4.99. The molecule has 0 amide bonds. The predicted molar refractivity (Wildman–Crippen MR) is 153 cm³/mol. The van der Waals surface area contributed by atoms with Gasteiger partial charge in [-0.05, 0) is 86.1 Å². The number of nitrogens with zero attached hydrogens (tertiary/aromatic N) is 1. The van der Waals surface area contributed by atoms with Gasteiger partial charge in [0.1, 0.15) is 0 Å². The smallest absolute Gasteiger partial charge is 0.0461 e. The summed E-state index contributed by atoms with van der Waals surface area (Å²) in [6, 6.07) is 29.0. The summed E-state index contributed by atoms with van der Waals surface area (Å²) >= 11 is 7.05. The van der Waals surface area contributed by atoms with Crippen LogP contribution in [-0.2, 0) is 12.8 Å². The Morgan fingerprint density at radius 1 is 0.424 bits per heavy atom. The Balaban J connectivity index is 1.68. The lowest BCUT2D eigenvalue weighted by Gasteiger charge is -2.26. The van der Waals surface area contributed by atoms with Gasteiger partial charge >= 0.3 is 0 Å². The lowest BCUT2D eigenvalue weighted by molar-refractivity contribution is 0.671. The van der Waals surface area contributed by atoms with Gasteiger partial charge in [0.05, 0.1) is 0 Å². The van der Waals surface area contributed by atoms with Crippen LogP contribution in [0.15, 0.2) is 78.9 Å². The number of rotatable bonds is 15. The molecule has 0 aliphatic rings. The van der Waals surface area contributed by atoms with Crippen molar-refractivity contribution >= 4 is 48.9 Å². The molecule has 0 saturated carbocycles. The number of halogens is 2. The molecule has 3 rings (SSSR count). The second-order valence-electron chi connectivity index (χ2n) is 8.71. The maximum Gasteiger partial charge on any atom is 0.0461 e. The zero-order valence-electron chi connectivity index (χ0n) is 19.7. The van der Waals surface area contributed by atoms with Gasteiger partial charge in [0.15, 0.2) is 0 Å². The summed E-state index contributed by atoms with van der Waals surface area (Å²) < 4.78 is 0. The molecule has 0 heterocycles. The van der Waals surface area contributed by atoms with Crippen LogP contribution in [0.3, 0.4) is 0 Å². The first-order valence-electron chi connectivity index (χ1n) is 12.5. The zero-order valence-corrected chi connectivity index (χ0v) is 22.9. The van der Waals surface area contributed by atoms with E-state index in [4.69, 9.17) is 0 Å². The monoisotopic (exact) mass is 569 g/mol. The lowest BCUT2D eigenvalue weighted by Crippen LogP contribution is -2.10.